The van der Waals surface area contributed by atoms with E-state index in [2.05, 4.69) is 0 Å². The minimum absolute atomic E-state index is 0.405. The second-order valence-corrected chi connectivity index (χ2v) is 10.9. The van der Waals surface area contributed by atoms with Crippen LogP contribution in [-0.4, -0.2) is 48.3 Å². The molecule has 3 saturated carbocycles. The number of ether oxygens (including phenoxy) is 2. The fourth-order valence-electron chi connectivity index (χ4n) is 5.16. The summed E-state index contributed by atoms with van der Waals surface area (Å²) in [6.45, 7) is 0. The maximum atomic E-state index is 14.8. The van der Waals surface area contributed by atoms with Gasteiger partial charge in [0.25, 0.3) is 0 Å². The van der Waals surface area contributed by atoms with E-state index in [9.17, 15) is 35.6 Å². The molecule has 0 bridgehead atoms. The predicted molar refractivity (Wildman–Crippen MR) is 107 cm³/mol. The van der Waals surface area contributed by atoms with Gasteiger partial charge in [0.1, 0.15) is 12.2 Å². The van der Waals surface area contributed by atoms with Gasteiger partial charge in [0, 0.05) is 5.92 Å². The highest BCUT2D eigenvalue weighted by Crippen LogP contribution is 2.53. The molecule has 0 amide bonds. The van der Waals surface area contributed by atoms with E-state index in [4.69, 9.17) is 14.0 Å². The van der Waals surface area contributed by atoms with Crippen LogP contribution >= 0.6 is 0 Å². The van der Waals surface area contributed by atoms with Crippen molar-refractivity contribution in [2.75, 3.05) is 0 Å². The van der Waals surface area contributed by atoms with Gasteiger partial charge in [-0.2, -0.15) is 26.0 Å². The number of carbonyl (C=O) groups is 2. The van der Waals surface area contributed by atoms with Crippen molar-refractivity contribution in [3.05, 3.63) is 0 Å². The Bertz CT molecular complexity index is 820. The molecule has 190 valence electrons. The standard InChI is InChI=1S/C21H30F4O7S/c22-20(23,21(24,25)33(28,29)30)17-12-13(18(26)31-14-7-3-1-4-8-14)11-16(17)19(27)32-15-9-5-2-6-10-15/h13-17H,1-12H2,(H,28,29,30). The number of esters is 2. The molecular weight excluding hydrogens is 472 g/mol. The number of hydrogen-bond donors (Lipinski definition) is 1. The average molecular weight is 503 g/mol. The fraction of sp³-hybridized carbons (Fsp3) is 0.905. The van der Waals surface area contributed by atoms with Crippen LogP contribution < -0.4 is 0 Å². The third kappa shape index (κ3) is 5.63. The first-order valence-corrected chi connectivity index (χ1v) is 12.9. The van der Waals surface area contributed by atoms with Crippen molar-refractivity contribution in [1.82, 2.24) is 0 Å². The Kier molecular flexibility index (Phi) is 7.97. The molecule has 0 heterocycles. The monoisotopic (exact) mass is 502 g/mol. The Morgan fingerprint density at radius 1 is 0.758 bits per heavy atom. The normalized spacial score (nSPS) is 28.5. The van der Waals surface area contributed by atoms with Crippen molar-refractivity contribution >= 4 is 22.1 Å². The summed E-state index contributed by atoms with van der Waals surface area (Å²) in [7, 11) is -6.49. The van der Waals surface area contributed by atoms with E-state index in [1.165, 1.54) is 0 Å². The number of alkyl halides is 4. The average Bonchev–Trinajstić information content (AvgIpc) is 3.21. The number of rotatable bonds is 7. The van der Waals surface area contributed by atoms with Gasteiger partial charge in [0.05, 0.1) is 11.8 Å². The van der Waals surface area contributed by atoms with Crippen LogP contribution in [0.25, 0.3) is 0 Å². The topological polar surface area (TPSA) is 107 Å². The lowest BCUT2D eigenvalue weighted by Crippen LogP contribution is -2.53. The van der Waals surface area contributed by atoms with E-state index in [0.29, 0.717) is 25.7 Å². The molecule has 0 aliphatic heterocycles. The van der Waals surface area contributed by atoms with Crippen molar-refractivity contribution in [1.29, 1.82) is 0 Å². The van der Waals surface area contributed by atoms with Crippen LogP contribution in [0.3, 0.4) is 0 Å². The van der Waals surface area contributed by atoms with Gasteiger partial charge >= 0.3 is 33.2 Å². The molecule has 0 aromatic carbocycles. The van der Waals surface area contributed by atoms with Crippen LogP contribution in [0.5, 0.6) is 0 Å². The van der Waals surface area contributed by atoms with Crippen LogP contribution in [-0.2, 0) is 29.2 Å². The van der Waals surface area contributed by atoms with E-state index in [0.717, 1.165) is 38.5 Å². The van der Waals surface area contributed by atoms with Crippen molar-refractivity contribution in [3.8, 4) is 0 Å². The van der Waals surface area contributed by atoms with E-state index in [1.807, 2.05) is 0 Å². The first-order valence-electron chi connectivity index (χ1n) is 11.5. The molecule has 0 aromatic rings. The summed E-state index contributed by atoms with van der Waals surface area (Å²) in [6, 6.07) is 0. The van der Waals surface area contributed by atoms with Gasteiger partial charge in [-0.25, -0.2) is 0 Å². The van der Waals surface area contributed by atoms with Gasteiger partial charge in [-0.3, -0.25) is 14.1 Å². The molecule has 33 heavy (non-hydrogen) atoms. The summed E-state index contributed by atoms with van der Waals surface area (Å²) in [4.78, 5) is 25.4. The second-order valence-electron chi connectivity index (χ2n) is 9.39. The second kappa shape index (κ2) is 10.1. The zero-order valence-corrected chi connectivity index (χ0v) is 19.0. The maximum absolute atomic E-state index is 14.8. The van der Waals surface area contributed by atoms with Crippen LogP contribution in [0.2, 0.25) is 0 Å². The molecule has 0 spiro atoms. The lowest BCUT2D eigenvalue weighted by atomic mass is 9.89. The number of hydrogen-bond acceptors (Lipinski definition) is 6. The highest BCUT2D eigenvalue weighted by atomic mass is 32.2. The van der Waals surface area contributed by atoms with E-state index in [1.54, 1.807) is 0 Å². The Morgan fingerprint density at radius 2 is 1.21 bits per heavy atom. The first kappa shape index (κ1) is 26.2. The van der Waals surface area contributed by atoms with E-state index < -0.39 is 76.0 Å². The number of carbonyl (C=O) groups excluding carboxylic acids is 2. The van der Waals surface area contributed by atoms with Gasteiger partial charge in [0.2, 0.25) is 0 Å². The Labute approximate surface area is 190 Å². The lowest BCUT2D eigenvalue weighted by Gasteiger charge is -2.32. The SMILES string of the molecule is O=C(OC1CCCCC1)C1CC(C(=O)OC2CCCCC2)C(C(F)(F)C(F)(F)S(=O)(=O)O)C1. The Morgan fingerprint density at radius 3 is 1.67 bits per heavy atom. The molecule has 3 unspecified atom stereocenters. The van der Waals surface area contributed by atoms with E-state index in [-0.39, 0.29) is 0 Å². The summed E-state index contributed by atoms with van der Waals surface area (Å²) in [5.41, 5.74) is 0. The maximum Gasteiger partial charge on any atom is 0.431 e. The fourth-order valence-corrected chi connectivity index (χ4v) is 5.65. The third-order valence-electron chi connectivity index (χ3n) is 7.05. The minimum Gasteiger partial charge on any atom is -0.462 e. The zero-order valence-electron chi connectivity index (χ0n) is 18.2. The van der Waals surface area contributed by atoms with Crippen LogP contribution in [0.1, 0.15) is 77.0 Å². The Hall–Kier alpha value is -1.43. The molecule has 0 saturated heterocycles. The Balaban J connectivity index is 1.81. The molecule has 0 radical (unpaired) electrons. The summed E-state index contributed by atoms with van der Waals surface area (Å²) in [5.74, 6) is -13.0. The van der Waals surface area contributed by atoms with Gasteiger partial charge in [0.15, 0.2) is 0 Å². The quantitative estimate of drug-likeness (QED) is 0.310. The molecule has 3 atom stereocenters. The van der Waals surface area contributed by atoms with Gasteiger partial charge < -0.3 is 9.47 Å². The summed E-state index contributed by atoms with van der Waals surface area (Å²) >= 11 is 0. The minimum atomic E-state index is -6.49. The first-order chi connectivity index (χ1) is 15.3. The molecule has 3 rings (SSSR count). The van der Waals surface area contributed by atoms with Crippen molar-refractivity contribution in [2.24, 2.45) is 17.8 Å². The zero-order chi connectivity index (χ0) is 24.4. The van der Waals surface area contributed by atoms with Gasteiger partial charge in [-0.1, -0.05) is 12.8 Å². The van der Waals surface area contributed by atoms with Crippen LogP contribution in [0.4, 0.5) is 17.6 Å². The summed E-state index contributed by atoms with van der Waals surface area (Å²) in [5, 5.41) is -5.84. The van der Waals surface area contributed by atoms with Gasteiger partial charge in [-0.15, -0.1) is 0 Å². The predicted octanol–water partition coefficient (Wildman–Crippen LogP) is 4.50. The highest BCUT2D eigenvalue weighted by molar-refractivity contribution is 7.87. The molecule has 7 nitrogen and oxygen atoms in total. The van der Waals surface area contributed by atoms with Crippen molar-refractivity contribution < 1.29 is 49.6 Å². The highest BCUT2D eigenvalue weighted by Gasteiger charge is 2.72. The molecule has 0 aromatic heterocycles. The molecule has 12 heteroatoms. The van der Waals surface area contributed by atoms with Crippen LogP contribution in [0.15, 0.2) is 0 Å². The molecule has 3 fully saturated rings. The lowest BCUT2D eigenvalue weighted by molar-refractivity contribution is -0.206. The van der Waals surface area contributed by atoms with Crippen molar-refractivity contribution in [3.63, 3.8) is 0 Å². The molecule has 3 aliphatic rings. The largest absolute Gasteiger partial charge is 0.462 e. The molecule has 3 aliphatic carbocycles. The summed E-state index contributed by atoms with van der Waals surface area (Å²) in [6.07, 6.45) is 4.97. The summed E-state index contributed by atoms with van der Waals surface area (Å²) < 4.78 is 99.4. The van der Waals surface area contributed by atoms with Crippen molar-refractivity contribution in [2.45, 2.75) is 100 Å². The third-order valence-corrected chi connectivity index (χ3v) is 7.97. The molecular formula is C21H30F4O7S. The molecule has 1 N–H and O–H groups in total. The number of halogens is 4. The smallest absolute Gasteiger partial charge is 0.431 e. The van der Waals surface area contributed by atoms with E-state index >= 15 is 0 Å². The van der Waals surface area contributed by atoms with Gasteiger partial charge in [-0.05, 0) is 64.2 Å². The van der Waals surface area contributed by atoms with Crippen LogP contribution in [0, 0.1) is 17.8 Å².